The van der Waals surface area contributed by atoms with Crippen LogP contribution in [0.1, 0.15) is 27.2 Å². The van der Waals surface area contributed by atoms with Crippen molar-refractivity contribution >= 4 is 24.2 Å². The number of likely N-dealkylation sites (tertiary alicyclic amines) is 1. The Balaban J connectivity index is 0.000000413. The largest absolute Gasteiger partial charge is 0.379 e. The molecule has 6 heteroatoms. The lowest BCUT2D eigenvalue weighted by atomic mass is 10.2. The van der Waals surface area contributed by atoms with Gasteiger partial charge < -0.3 is 13.9 Å². The maximum atomic E-state index is 10.7. The van der Waals surface area contributed by atoms with Gasteiger partial charge in [0, 0.05) is 51.1 Å². The van der Waals surface area contributed by atoms with Crippen molar-refractivity contribution in [2.75, 3.05) is 38.6 Å². The predicted octanol–water partition coefficient (Wildman–Crippen LogP) is 3.28. The first-order valence-corrected chi connectivity index (χ1v) is 8.94. The number of methoxy groups -OCH3 is 1. The van der Waals surface area contributed by atoms with Crippen LogP contribution in [0.2, 0.25) is 0 Å². The summed E-state index contributed by atoms with van der Waals surface area (Å²) in [6.07, 6.45) is 1.99. The second-order valence-corrected chi connectivity index (χ2v) is 8.11. The van der Waals surface area contributed by atoms with Crippen LogP contribution in [-0.2, 0) is 9.53 Å². The first-order valence-electron chi connectivity index (χ1n) is 8.21. The van der Waals surface area contributed by atoms with Gasteiger partial charge in [0.05, 0.1) is 5.60 Å². The molecule has 1 fully saturated rings. The summed E-state index contributed by atoms with van der Waals surface area (Å²) in [5, 5.41) is 0. The van der Waals surface area contributed by atoms with E-state index in [4.69, 9.17) is 4.74 Å². The highest BCUT2D eigenvalue weighted by Crippen LogP contribution is 2.26. The molecular weight excluding hydrogens is 322 g/mol. The fraction of sp³-hybridized carbons (Fsp3) is 0.611. The van der Waals surface area contributed by atoms with E-state index in [0.29, 0.717) is 6.04 Å². The Morgan fingerprint density at radius 3 is 2.29 bits per heavy atom. The monoisotopic (exact) mass is 353 g/mol. The van der Waals surface area contributed by atoms with Gasteiger partial charge in [-0.15, -0.1) is 0 Å². The summed E-state index contributed by atoms with van der Waals surface area (Å²) in [7, 11) is 5.85. The zero-order valence-corrected chi connectivity index (χ0v) is 16.5. The van der Waals surface area contributed by atoms with Gasteiger partial charge in [0.25, 0.3) is 0 Å². The van der Waals surface area contributed by atoms with Gasteiger partial charge in [-0.2, -0.15) is 0 Å². The normalized spacial score (nSPS) is 17.5. The van der Waals surface area contributed by atoms with Crippen LogP contribution in [0.25, 0.3) is 0 Å². The summed E-state index contributed by atoms with van der Waals surface area (Å²) in [6.45, 7) is 7.76. The molecule has 0 aliphatic carbocycles. The molecule has 1 aromatic carbocycles. The fourth-order valence-electron chi connectivity index (χ4n) is 2.11. The van der Waals surface area contributed by atoms with Crippen molar-refractivity contribution in [2.45, 2.75) is 38.8 Å². The van der Waals surface area contributed by atoms with Crippen LogP contribution in [0.4, 0.5) is 5.69 Å². The number of carbonyl (C=O) groups excluding carboxylic acids is 1. The lowest BCUT2D eigenvalue weighted by molar-refractivity contribution is -0.117. The average Bonchev–Trinajstić information content (AvgIpc) is 3.05. The van der Waals surface area contributed by atoms with Gasteiger partial charge in [-0.05, 0) is 46.4 Å². The van der Waals surface area contributed by atoms with Crippen LogP contribution in [0, 0.1) is 0 Å². The highest BCUT2D eigenvalue weighted by molar-refractivity contribution is 7.98. The third-order valence-corrected chi connectivity index (χ3v) is 4.85. The van der Waals surface area contributed by atoms with Gasteiger partial charge in [-0.3, -0.25) is 4.79 Å². The SMILES string of the molecule is CN(SN(C)C1CCN(C=O)C1)c1ccccc1.COC(C)(C)C. The Bertz CT molecular complexity index is 479. The molecule has 0 N–H and O–H groups in total. The minimum Gasteiger partial charge on any atom is -0.379 e. The number of ether oxygens (including phenoxy) is 1. The third-order valence-electron chi connectivity index (χ3n) is 3.84. The predicted molar refractivity (Wildman–Crippen MR) is 103 cm³/mol. The highest BCUT2D eigenvalue weighted by Gasteiger charge is 2.26. The average molecular weight is 354 g/mol. The molecule has 5 nitrogen and oxygen atoms in total. The molecule has 1 saturated heterocycles. The summed E-state index contributed by atoms with van der Waals surface area (Å²) >= 11 is 1.69. The molecule has 24 heavy (non-hydrogen) atoms. The van der Waals surface area contributed by atoms with Crippen LogP contribution in [0.3, 0.4) is 0 Å². The molecule has 2 rings (SSSR count). The van der Waals surface area contributed by atoms with Crippen molar-refractivity contribution in [1.82, 2.24) is 9.21 Å². The molecule has 1 atom stereocenters. The molecule has 1 unspecified atom stereocenters. The molecule has 1 aromatic rings. The number of carbonyl (C=O) groups is 1. The minimum atomic E-state index is 0.0417. The maximum Gasteiger partial charge on any atom is 0.209 e. The number of hydrogen-bond acceptors (Lipinski definition) is 5. The standard InChI is InChI=1S/C13H19N3OS.C5H12O/c1-14(12-6-4-3-5-7-12)18-15(2)13-8-9-16(10-13)11-17;1-5(2,3)6-4/h3-7,11,13H,8-10H2,1-2H3;1-4H3. The lowest BCUT2D eigenvalue weighted by Crippen LogP contribution is -2.32. The number of para-hydroxylation sites is 1. The van der Waals surface area contributed by atoms with E-state index in [1.54, 1.807) is 19.2 Å². The van der Waals surface area contributed by atoms with E-state index >= 15 is 0 Å². The first-order chi connectivity index (χ1) is 11.3. The van der Waals surface area contributed by atoms with Crippen molar-refractivity contribution < 1.29 is 9.53 Å². The molecule has 136 valence electrons. The molecule has 0 bridgehead atoms. The van der Waals surface area contributed by atoms with Crippen molar-refractivity contribution in [3.8, 4) is 0 Å². The van der Waals surface area contributed by atoms with Crippen molar-refractivity contribution in [3.05, 3.63) is 30.3 Å². The second kappa shape index (κ2) is 9.91. The van der Waals surface area contributed by atoms with Gasteiger partial charge in [-0.25, -0.2) is 4.31 Å². The molecule has 1 aliphatic rings. The number of nitrogens with zero attached hydrogens (tertiary/aromatic N) is 3. The Morgan fingerprint density at radius 1 is 1.25 bits per heavy atom. The van der Waals surface area contributed by atoms with Crippen LogP contribution in [0.5, 0.6) is 0 Å². The Kier molecular flexibility index (Phi) is 8.59. The van der Waals surface area contributed by atoms with Crippen molar-refractivity contribution in [3.63, 3.8) is 0 Å². The number of amides is 1. The fourth-order valence-corrected chi connectivity index (χ4v) is 3.01. The van der Waals surface area contributed by atoms with Gasteiger partial charge in [0.2, 0.25) is 6.41 Å². The molecule has 1 heterocycles. The van der Waals surface area contributed by atoms with E-state index in [1.807, 2.05) is 43.9 Å². The number of anilines is 1. The molecule has 0 aromatic heterocycles. The summed E-state index contributed by atoms with van der Waals surface area (Å²) < 4.78 is 9.31. The van der Waals surface area contributed by atoms with Crippen molar-refractivity contribution in [1.29, 1.82) is 0 Å². The zero-order valence-electron chi connectivity index (χ0n) is 15.7. The van der Waals surface area contributed by atoms with E-state index in [0.717, 1.165) is 25.9 Å². The maximum absolute atomic E-state index is 10.7. The molecule has 1 aliphatic heterocycles. The lowest BCUT2D eigenvalue weighted by Gasteiger charge is -2.28. The topological polar surface area (TPSA) is 36.0 Å². The van der Waals surface area contributed by atoms with Crippen LogP contribution in [0.15, 0.2) is 30.3 Å². The van der Waals surface area contributed by atoms with Gasteiger partial charge in [-0.1, -0.05) is 18.2 Å². The zero-order chi connectivity index (χ0) is 18.2. The first kappa shape index (κ1) is 20.8. The molecule has 0 spiro atoms. The van der Waals surface area contributed by atoms with E-state index in [-0.39, 0.29) is 5.60 Å². The van der Waals surface area contributed by atoms with E-state index in [9.17, 15) is 4.79 Å². The van der Waals surface area contributed by atoms with Gasteiger partial charge in [0.1, 0.15) is 0 Å². The molecular formula is C18H31N3O2S. The molecule has 0 radical (unpaired) electrons. The smallest absolute Gasteiger partial charge is 0.209 e. The second-order valence-electron chi connectivity index (χ2n) is 6.82. The molecule has 1 amide bonds. The van der Waals surface area contributed by atoms with Crippen LogP contribution >= 0.6 is 12.1 Å². The number of likely N-dealkylation sites (N-methyl/N-ethyl adjacent to an activating group) is 1. The Morgan fingerprint density at radius 2 is 1.83 bits per heavy atom. The quantitative estimate of drug-likeness (QED) is 0.600. The summed E-state index contributed by atoms with van der Waals surface area (Å²) in [5.41, 5.74) is 1.22. The van der Waals surface area contributed by atoms with Gasteiger partial charge >= 0.3 is 0 Å². The summed E-state index contributed by atoms with van der Waals surface area (Å²) in [4.78, 5) is 12.5. The van der Waals surface area contributed by atoms with E-state index < -0.39 is 0 Å². The number of benzene rings is 1. The molecule has 0 saturated carbocycles. The number of hydrogen-bond donors (Lipinski definition) is 0. The number of rotatable bonds is 5. The highest BCUT2D eigenvalue weighted by atomic mass is 32.2. The van der Waals surface area contributed by atoms with E-state index in [2.05, 4.69) is 34.8 Å². The Hall–Kier alpha value is -1.24. The summed E-state index contributed by atoms with van der Waals surface area (Å²) in [6, 6.07) is 10.7. The van der Waals surface area contributed by atoms with Crippen LogP contribution in [-0.4, -0.2) is 61.6 Å². The third kappa shape index (κ3) is 7.55. The van der Waals surface area contributed by atoms with Gasteiger partial charge in [0.15, 0.2) is 0 Å². The van der Waals surface area contributed by atoms with E-state index in [1.165, 1.54) is 5.69 Å². The minimum absolute atomic E-state index is 0.0417. The van der Waals surface area contributed by atoms with Crippen LogP contribution < -0.4 is 4.31 Å². The summed E-state index contributed by atoms with van der Waals surface area (Å²) in [5.74, 6) is 0. The Labute approximate surface area is 151 Å². The van der Waals surface area contributed by atoms with Crippen molar-refractivity contribution in [2.24, 2.45) is 0 Å².